The molecule has 12 heteroatoms. The molecule has 0 bridgehead atoms. The van der Waals surface area contributed by atoms with E-state index in [1.54, 1.807) is 30.5 Å². The van der Waals surface area contributed by atoms with Crippen molar-refractivity contribution in [2.45, 2.75) is 71.3 Å². The first-order chi connectivity index (χ1) is 19.2. The first kappa shape index (κ1) is 31.0. The van der Waals surface area contributed by atoms with Crippen LogP contribution in [-0.2, 0) is 29.1 Å². The highest BCUT2D eigenvalue weighted by Crippen LogP contribution is 2.13. The van der Waals surface area contributed by atoms with Crippen molar-refractivity contribution in [2.75, 3.05) is 7.05 Å². The average Bonchev–Trinajstić information content (AvgIpc) is 3.64. The van der Waals surface area contributed by atoms with Crippen LogP contribution in [0.15, 0.2) is 53.7 Å². The lowest BCUT2D eigenvalue weighted by atomic mass is 9.99. The van der Waals surface area contributed by atoms with Gasteiger partial charge in [-0.25, -0.2) is 9.59 Å². The van der Waals surface area contributed by atoms with Crippen LogP contribution in [0.1, 0.15) is 48.9 Å². The van der Waals surface area contributed by atoms with Crippen molar-refractivity contribution in [1.29, 1.82) is 0 Å². The molecule has 0 saturated carbocycles. The summed E-state index contributed by atoms with van der Waals surface area (Å²) in [5, 5.41) is 8.88. The molecule has 216 valence electrons. The van der Waals surface area contributed by atoms with E-state index in [9.17, 15) is 14.4 Å². The van der Waals surface area contributed by atoms with Crippen LogP contribution in [0.5, 0.6) is 0 Å². The van der Waals surface area contributed by atoms with Gasteiger partial charge in [0.05, 0.1) is 22.4 Å². The summed E-state index contributed by atoms with van der Waals surface area (Å²) < 4.78 is 5.38. The van der Waals surface area contributed by atoms with Crippen LogP contribution in [-0.4, -0.2) is 58.1 Å². The fourth-order valence-corrected chi connectivity index (χ4v) is 5.20. The van der Waals surface area contributed by atoms with E-state index in [1.165, 1.54) is 27.6 Å². The Bertz CT molecular complexity index is 1170. The summed E-state index contributed by atoms with van der Waals surface area (Å²) in [6.07, 6.45) is 4.80. The standard InChI is InChI=1S/C28H38N6O4S2/c1-19(2)25(33-27(36)34(4)15-23-13-29-17-39-23)26(35)31-20(3)10-11-22(12-21-8-6-5-7-9-21)32-28(37)38-16-24-14-30-18-40-24/h5-9,13-14,17-20,22,25H,10-12,15-16H2,1-4H3,(H,31,35)(H,32,37)(H,33,36)/t20-,22+,25-/m0/s1. The van der Waals surface area contributed by atoms with Crippen LogP contribution in [0.25, 0.3) is 0 Å². The number of benzene rings is 1. The first-order valence-electron chi connectivity index (χ1n) is 13.2. The summed E-state index contributed by atoms with van der Waals surface area (Å²) in [7, 11) is 1.69. The van der Waals surface area contributed by atoms with E-state index in [0.29, 0.717) is 25.8 Å². The van der Waals surface area contributed by atoms with Crippen LogP contribution in [0.3, 0.4) is 0 Å². The SMILES string of the molecule is CC(C)[C@H](NC(=O)N(C)Cc1cncs1)C(=O)N[C@@H](C)CC[C@H](Cc1ccccc1)NC(=O)OCc1cncs1. The van der Waals surface area contributed by atoms with Gasteiger partial charge < -0.3 is 25.6 Å². The van der Waals surface area contributed by atoms with E-state index in [1.807, 2.05) is 51.1 Å². The molecule has 40 heavy (non-hydrogen) atoms. The van der Waals surface area contributed by atoms with Crippen LogP contribution in [0.4, 0.5) is 9.59 Å². The Labute approximate surface area is 243 Å². The van der Waals surface area contributed by atoms with Crippen molar-refractivity contribution in [3.63, 3.8) is 0 Å². The number of nitrogens with zero attached hydrogens (tertiary/aromatic N) is 3. The molecular weight excluding hydrogens is 548 g/mol. The Balaban J connectivity index is 1.52. The Hall–Kier alpha value is -3.51. The third-order valence-electron chi connectivity index (χ3n) is 6.26. The smallest absolute Gasteiger partial charge is 0.407 e. The number of hydrogen-bond acceptors (Lipinski definition) is 8. The van der Waals surface area contributed by atoms with Crippen LogP contribution in [0.2, 0.25) is 0 Å². The van der Waals surface area contributed by atoms with E-state index < -0.39 is 12.1 Å². The van der Waals surface area contributed by atoms with E-state index in [4.69, 9.17) is 4.74 Å². The predicted molar refractivity (Wildman–Crippen MR) is 157 cm³/mol. The number of rotatable bonds is 14. The fraction of sp³-hybridized carbons (Fsp3) is 0.464. The van der Waals surface area contributed by atoms with Gasteiger partial charge in [-0.2, -0.15) is 0 Å². The summed E-state index contributed by atoms with van der Waals surface area (Å²) in [4.78, 5) is 49.8. The molecule has 0 aliphatic heterocycles. The van der Waals surface area contributed by atoms with Gasteiger partial charge in [0, 0.05) is 36.4 Å². The second-order valence-corrected chi connectivity index (χ2v) is 12.0. The Morgan fingerprint density at radius 3 is 2.23 bits per heavy atom. The minimum atomic E-state index is -0.682. The Morgan fingerprint density at radius 1 is 0.925 bits per heavy atom. The Morgan fingerprint density at radius 2 is 1.60 bits per heavy atom. The molecule has 3 rings (SSSR count). The van der Waals surface area contributed by atoms with Crippen LogP contribution in [0, 0.1) is 5.92 Å². The van der Waals surface area contributed by atoms with E-state index >= 15 is 0 Å². The number of urea groups is 1. The van der Waals surface area contributed by atoms with Gasteiger partial charge in [-0.3, -0.25) is 14.8 Å². The number of hydrogen-bond donors (Lipinski definition) is 3. The minimum absolute atomic E-state index is 0.103. The van der Waals surface area contributed by atoms with E-state index in [0.717, 1.165) is 15.3 Å². The zero-order valence-electron chi connectivity index (χ0n) is 23.3. The zero-order valence-corrected chi connectivity index (χ0v) is 25.0. The number of ether oxygens (including phenoxy) is 1. The van der Waals surface area contributed by atoms with Gasteiger partial charge in [-0.1, -0.05) is 44.2 Å². The van der Waals surface area contributed by atoms with Gasteiger partial charge in [0.25, 0.3) is 0 Å². The van der Waals surface area contributed by atoms with Crippen molar-refractivity contribution in [2.24, 2.45) is 5.92 Å². The number of carbonyl (C=O) groups is 3. The lowest BCUT2D eigenvalue weighted by Crippen LogP contribution is -2.54. The maximum absolute atomic E-state index is 13.1. The summed E-state index contributed by atoms with van der Waals surface area (Å²) in [6, 6.07) is 8.56. The van der Waals surface area contributed by atoms with E-state index in [2.05, 4.69) is 25.9 Å². The number of alkyl carbamates (subject to hydrolysis) is 1. The number of amides is 4. The molecule has 1 aromatic carbocycles. The van der Waals surface area contributed by atoms with Crippen molar-refractivity contribution >= 4 is 40.7 Å². The van der Waals surface area contributed by atoms with Crippen molar-refractivity contribution < 1.29 is 19.1 Å². The highest BCUT2D eigenvalue weighted by atomic mass is 32.1. The molecule has 2 heterocycles. The maximum Gasteiger partial charge on any atom is 0.407 e. The summed E-state index contributed by atoms with van der Waals surface area (Å²) in [5.41, 5.74) is 4.51. The van der Waals surface area contributed by atoms with Gasteiger partial charge in [0.1, 0.15) is 12.6 Å². The monoisotopic (exact) mass is 586 g/mol. The molecule has 4 amide bonds. The summed E-state index contributed by atoms with van der Waals surface area (Å²) in [5.74, 6) is -0.340. The highest BCUT2D eigenvalue weighted by Gasteiger charge is 2.27. The molecule has 3 aromatic rings. The van der Waals surface area contributed by atoms with Crippen LogP contribution < -0.4 is 16.0 Å². The molecule has 0 unspecified atom stereocenters. The zero-order chi connectivity index (χ0) is 28.9. The molecule has 3 N–H and O–H groups in total. The van der Waals surface area contributed by atoms with Gasteiger partial charge in [-0.15, -0.1) is 22.7 Å². The van der Waals surface area contributed by atoms with E-state index in [-0.39, 0.29) is 36.5 Å². The van der Waals surface area contributed by atoms with Gasteiger partial charge in [0.2, 0.25) is 5.91 Å². The number of nitrogens with one attached hydrogen (secondary N) is 3. The number of aromatic nitrogens is 2. The Kier molecular flexibility index (Phi) is 12.4. The van der Waals surface area contributed by atoms with Gasteiger partial charge >= 0.3 is 12.1 Å². The van der Waals surface area contributed by atoms with Crippen molar-refractivity contribution in [3.8, 4) is 0 Å². The van der Waals surface area contributed by atoms with Crippen molar-refractivity contribution in [3.05, 3.63) is 69.1 Å². The topological polar surface area (TPSA) is 126 Å². The summed E-state index contributed by atoms with van der Waals surface area (Å²) in [6.45, 7) is 6.31. The second kappa shape index (κ2) is 15.9. The average molecular weight is 587 g/mol. The number of carbonyl (C=O) groups excluding carboxylic acids is 3. The maximum atomic E-state index is 13.1. The molecule has 0 saturated heterocycles. The summed E-state index contributed by atoms with van der Waals surface area (Å²) >= 11 is 2.90. The second-order valence-electron chi connectivity index (χ2n) is 10.1. The first-order valence-corrected chi connectivity index (χ1v) is 15.0. The van der Waals surface area contributed by atoms with Gasteiger partial charge in [0.15, 0.2) is 0 Å². The lowest BCUT2D eigenvalue weighted by Gasteiger charge is -2.27. The number of thiazole rings is 2. The molecule has 0 aliphatic carbocycles. The molecular formula is C28H38N6O4S2. The quantitative estimate of drug-likeness (QED) is 0.254. The largest absolute Gasteiger partial charge is 0.444 e. The molecule has 0 spiro atoms. The fourth-order valence-electron chi connectivity index (χ4n) is 4.04. The van der Waals surface area contributed by atoms with Crippen LogP contribution >= 0.6 is 22.7 Å². The molecule has 0 fully saturated rings. The third kappa shape index (κ3) is 10.6. The molecule has 10 nitrogen and oxygen atoms in total. The highest BCUT2D eigenvalue weighted by molar-refractivity contribution is 7.09. The molecule has 0 aliphatic rings. The molecule has 0 radical (unpaired) electrons. The lowest BCUT2D eigenvalue weighted by molar-refractivity contribution is -0.124. The third-order valence-corrected chi connectivity index (χ3v) is 7.78. The molecule has 2 aromatic heterocycles. The molecule has 3 atom stereocenters. The van der Waals surface area contributed by atoms with Gasteiger partial charge in [-0.05, 0) is 37.7 Å². The predicted octanol–water partition coefficient (Wildman–Crippen LogP) is 4.59. The minimum Gasteiger partial charge on any atom is -0.444 e. The van der Waals surface area contributed by atoms with Crippen molar-refractivity contribution in [1.82, 2.24) is 30.8 Å². The normalized spacial score (nSPS) is 13.2.